The standard InChI is InChI=1S/C16H14ClNO2S2/c17-14-6-7-16-15(12-14)18(9-10-21-16)22(19,20)11-8-13-4-2-1-3-5-13/h1-8,11-12H,9-10H2. The molecule has 0 radical (unpaired) electrons. The second-order valence-corrected chi connectivity index (χ2v) is 8.11. The van der Waals surface area contributed by atoms with Crippen molar-refractivity contribution in [2.45, 2.75) is 4.90 Å². The summed E-state index contributed by atoms with van der Waals surface area (Å²) in [4.78, 5) is 0.937. The first kappa shape index (κ1) is 15.5. The van der Waals surface area contributed by atoms with Crippen LogP contribution in [-0.4, -0.2) is 20.7 Å². The Labute approximate surface area is 139 Å². The molecule has 1 aliphatic rings. The van der Waals surface area contributed by atoms with Gasteiger partial charge in [-0.2, -0.15) is 0 Å². The monoisotopic (exact) mass is 351 g/mol. The number of thioether (sulfide) groups is 1. The molecule has 22 heavy (non-hydrogen) atoms. The molecule has 0 unspecified atom stereocenters. The van der Waals surface area contributed by atoms with E-state index in [9.17, 15) is 8.42 Å². The summed E-state index contributed by atoms with van der Waals surface area (Å²) in [6.45, 7) is 0.444. The van der Waals surface area contributed by atoms with E-state index in [-0.39, 0.29) is 0 Å². The second kappa shape index (κ2) is 6.36. The van der Waals surface area contributed by atoms with Crippen molar-refractivity contribution in [2.75, 3.05) is 16.6 Å². The molecule has 0 aromatic heterocycles. The molecule has 0 aliphatic carbocycles. The van der Waals surface area contributed by atoms with Crippen molar-refractivity contribution in [3.63, 3.8) is 0 Å². The van der Waals surface area contributed by atoms with E-state index >= 15 is 0 Å². The van der Waals surface area contributed by atoms with Gasteiger partial charge in [0.1, 0.15) is 0 Å². The van der Waals surface area contributed by atoms with E-state index in [4.69, 9.17) is 11.6 Å². The Morgan fingerprint density at radius 2 is 1.91 bits per heavy atom. The molecule has 0 N–H and O–H groups in total. The summed E-state index contributed by atoms with van der Waals surface area (Å²) in [5.74, 6) is 0.729. The first-order chi connectivity index (χ1) is 10.6. The lowest BCUT2D eigenvalue weighted by molar-refractivity contribution is 0.600. The highest BCUT2D eigenvalue weighted by molar-refractivity contribution is 8.00. The molecule has 3 rings (SSSR count). The van der Waals surface area contributed by atoms with Crippen LogP contribution in [0.1, 0.15) is 5.56 Å². The van der Waals surface area contributed by atoms with Crippen LogP contribution in [0.2, 0.25) is 5.02 Å². The molecule has 114 valence electrons. The van der Waals surface area contributed by atoms with Gasteiger partial charge in [0.25, 0.3) is 10.0 Å². The fourth-order valence-corrected chi connectivity index (χ4v) is 4.79. The van der Waals surface area contributed by atoms with Gasteiger partial charge in [-0.3, -0.25) is 4.31 Å². The minimum atomic E-state index is -3.53. The average molecular weight is 352 g/mol. The van der Waals surface area contributed by atoms with Crippen molar-refractivity contribution < 1.29 is 8.42 Å². The molecule has 2 aromatic rings. The highest BCUT2D eigenvalue weighted by Gasteiger charge is 2.26. The predicted molar refractivity (Wildman–Crippen MR) is 93.9 cm³/mol. The Hall–Kier alpha value is -1.43. The van der Waals surface area contributed by atoms with E-state index in [1.807, 2.05) is 36.4 Å². The molecule has 6 heteroatoms. The lowest BCUT2D eigenvalue weighted by Crippen LogP contribution is -2.33. The topological polar surface area (TPSA) is 37.4 Å². The van der Waals surface area contributed by atoms with Gasteiger partial charge in [-0.25, -0.2) is 8.42 Å². The summed E-state index contributed by atoms with van der Waals surface area (Å²) >= 11 is 7.66. The van der Waals surface area contributed by atoms with Gasteiger partial charge in [0.2, 0.25) is 0 Å². The molecule has 0 bridgehead atoms. The van der Waals surface area contributed by atoms with Crippen molar-refractivity contribution >= 4 is 45.1 Å². The number of hydrogen-bond donors (Lipinski definition) is 0. The molecular weight excluding hydrogens is 338 g/mol. The van der Waals surface area contributed by atoms with Gasteiger partial charge in [0.15, 0.2) is 0 Å². The van der Waals surface area contributed by atoms with E-state index in [1.165, 1.54) is 9.71 Å². The summed E-state index contributed by atoms with van der Waals surface area (Å²) < 4.78 is 26.7. The summed E-state index contributed by atoms with van der Waals surface area (Å²) in [6.07, 6.45) is 1.61. The number of anilines is 1. The van der Waals surface area contributed by atoms with Crippen LogP contribution in [0.4, 0.5) is 5.69 Å². The largest absolute Gasteiger partial charge is 0.265 e. The van der Waals surface area contributed by atoms with Crippen LogP contribution in [0.3, 0.4) is 0 Å². The fraction of sp³-hybridized carbons (Fsp3) is 0.125. The summed E-state index contributed by atoms with van der Waals surface area (Å²) in [5.41, 5.74) is 1.50. The van der Waals surface area contributed by atoms with Crippen molar-refractivity contribution in [1.82, 2.24) is 0 Å². The SMILES string of the molecule is O=S(=O)(C=Cc1ccccc1)N1CCSc2ccc(Cl)cc21. The molecule has 2 aromatic carbocycles. The minimum absolute atomic E-state index is 0.444. The maximum atomic E-state index is 12.6. The van der Waals surface area contributed by atoms with Crippen LogP contribution in [0.5, 0.6) is 0 Å². The van der Waals surface area contributed by atoms with E-state index in [1.54, 1.807) is 30.0 Å². The third-order valence-corrected chi connectivity index (χ3v) is 6.03. The highest BCUT2D eigenvalue weighted by atomic mass is 35.5. The third-order valence-electron chi connectivity index (χ3n) is 3.28. The van der Waals surface area contributed by atoms with Gasteiger partial charge < -0.3 is 0 Å². The van der Waals surface area contributed by atoms with Gasteiger partial charge in [-0.15, -0.1) is 11.8 Å². The molecule has 0 amide bonds. The number of nitrogens with zero attached hydrogens (tertiary/aromatic N) is 1. The third kappa shape index (κ3) is 3.32. The molecule has 0 saturated carbocycles. The quantitative estimate of drug-likeness (QED) is 0.829. The zero-order valence-electron chi connectivity index (χ0n) is 11.6. The number of halogens is 1. The van der Waals surface area contributed by atoms with Gasteiger partial charge in [-0.05, 0) is 29.8 Å². The lowest BCUT2D eigenvalue weighted by atomic mass is 10.2. The average Bonchev–Trinajstić information content (AvgIpc) is 2.53. The van der Waals surface area contributed by atoms with E-state index < -0.39 is 10.0 Å². The summed E-state index contributed by atoms with van der Waals surface area (Å²) in [5, 5.41) is 1.79. The Bertz CT molecular complexity index is 804. The van der Waals surface area contributed by atoms with Gasteiger partial charge in [-0.1, -0.05) is 41.9 Å². The zero-order chi connectivity index (χ0) is 15.6. The second-order valence-electron chi connectivity index (χ2n) is 4.79. The number of sulfonamides is 1. The molecule has 0 saturated heterocycles. The van der Waals surface area contributed by atoms with Gasteiger partial charge in [0.05, 0.1) is 11.1 Å². The van der Waals surface area contributed by atoms with Crippen molar-refractivity contribution in [3.8, 4) is 0 Å². The molecule has 0 spiro atoms. The van der Waals surface area contributed by atoms with Crippen LogP contribution in [0, 0.1) is 0 Å². The highest BCUT2D eigenvalue weighted by Crippen LogP contribution is 2.38. The molecule has 1 aliphatic heterocycles. The van der Waals surface area contributed by atoms with Crippen LogP contribution in [-0.2, 0) is 10.0 Å². The summed E-state index contributed by atoms with van der Waals surface area (Å²) in [6, 6.07) is 14.7. The normalized spacial score (nSPS) is 15.0. The smallest absolute Gasteiger partial charge is 0.257 e. The van der Waals surface area contributed by atoms with Crippen molar-refractivity contribution in [1.29, 1.82) is 0 Å². The van der Waals surface area contributed by atoms with Crippen molar-refractivity contribution in [3.05, 3.63) is 64.5 Å². The van der Waals surface area contributed by atoms with Crippen LogP contribution in [0.25, 0.3) is 6.08 Å². The van der Waals surface area contributed by atoms with Crippen LogP contribution >= 0.6 is 23.4 Å². The minimum Gasteiger partial charge on any atom is -0.265 e. The Balaban J connectivity index is 1.94. The van der Waals surface area contributed by atoms with Crippen LogP contribution in [0.15, 0.2) is 58.8 Å². The first-order valence-corrected chi connectivity index (χ1v) is 9.61. The predicted octanol–water partition coefficient (Wildman–Crippen LogP) is 4.25. The molecule has 3 nitrogen and oxygen atoms in total. The fourth-order valence-electron chi connectivity index (χ4n) is 2.23. The maximum absolute atomic E-state index is 12.6. The molecule has 1 heterocycles. The van der Waals surface area contributed by atoms with Gasteiger partial charge in [0, 0.05) is 22.2 Å². The number of hydrogen-bond acceptors (Lipinski definition) is 3. The Morgan fingerprint density at radius 1 is 1.14 bits per heavy atom. The van der Waals surface area contributed by atoms with Crippen LogP contribution < -0.4 is 4.31 Å². The summed E-state index contributed by atoms with van der Waals surface area (Å²) in [7, 11) is -3.53. The van der Waals surface area contributed by atoms with Crippen molar-refractivity contribution in [2.24, 2.45) is 0 Å². The molecule has 0 atom stereocenters. The lowest BCUT2D eigenvalue weighted by Gasteiger charge is -2.29. The Morgan fingerprint density at radius 3 is 2.68 bits per heavy atom. The molecular formula is C16H14ClNO2S2. The molecule has 0 fully saturated rings. The Kier molecular flexibility index (Phi) is 4.47. The van der Waals surface area contributed by atoms with E-state index in [0.29, 0.717) is 17.3 Å². The first-order valence-electron chi connectivity index (χ1n) is 6.74. The van der Waals surface area contributed by atoms with Gasteiger partial charge >= 0.3 is 0 Å². The number of rotatable bonds is 3. The number of fused-ring (bicyclic) bond motifs is 1. The number of benzene rings is 2. The van der Waals surface area contributed by atoms with E-state index in [0.717, 1.165) is 16.2 Å². The van der Waals surface area contributed by atoms with E-state index in [2.05, 4.69) is 0 Å². The maximum Gasteiger partial charge on any atom is 0.257 e. The zero-order valence-corrected chi connectivity index (χ0v) is 14.0.